The van der Waals surface area contributed by atoms with Gasteiger partial charge in [-0.25, -0.2) is 9.97 Å². The molecule has 1 atom stereocenters. The molecule has 0 radical (unpaired) electrons. The molecule has 30 heavy (non-hydrogen) atoms. The van der Waals surface area contributed by atoms with Crippen molar-refractivity contribution in [2.45, 2.75) is 66.0 Å². The van der Waals surface area contributed by atoms with Crippen LogP contribution in [0.5, 0.6) is 0 Å². The fourth-order valence-electron chi connectivity index (χ4n) is 4.39. The first kappa shape index (κ1) is 20.5. The Kier molecular flexibility index (Phi) is 5.35. The monoisotopic (exact) mass is 406 g/mol. The van der Waals surface area contributed by atoms with Crippen LogP contribution in [-0.2, 0) is 22.6 Å². The molecule has 2 aliphatic heterocycles. The van der Waals surface area contributed by atoms with E-state index in [0.29, 0.717) is 31.0 Å². The van der Waals surface area contributed by atoms with Crippen molar-refractivity contribution >= 4 is 17.6 Å². The fraction of sp³-hybridized carbons (Fsp3) is 0.500. The van der Waals surface area contributed by atoms with E-state index in [1.807, 2.05) is 62.9 Å². The van der Waals surface area contributed by atoms with Crippen molar-refractivity contribution in [3.8, 4) is 0 Å². The average molecular weight is 407 g/mol. The van der Waals surface area contributed by atoms with Gasteiger partial charge in [0, 0.05) is 29.6 Å². The molecule has 0 unspecified atom stereocenters. The number of hydrogen-bond acceptors (Lipinski definition) is 4. The Morgan fingerprint density at radius 2 is 1.87 bits per heavy atom. The average Bonchev–Trinajstić information content (AvgIpc) is 3.19. The molecule has 158 valence electrons. The number of carbonyl (C=O) groups excluding carboxylic acids is 2. The van der Waals surface area contributed by atoms with Gasteiger partial charge in [0.25, 0.3) is 0 Å². The van der Waals surface area contributed by atoms with Gasteiger partial charge in [-0.15, -0.1) is 0 Å². The van der Waals surface area contributed by atoms with Crippen LogP contribution in [0.3, 0.4) is 0 Å². The van der Waals surface area contributed by atoms with E-state index in [1.54, 1.807) is 4.90 Å². The summed E-state index contributed by atoms with van der Waals surface area (Å²) >= 11 is 0. The zero-order chi connectivity index (χ0) is 21.5. The largest absolute Gasteiger partial charge is 0.332 e. The van der Waals surface area contributed by atoms with Gasteiger partial charge in [0.05, 0.1) is 12.6 Å². The molecule has 1 saturated heterocycles. The number of amides is 2. The summed E-state index contributed by atoms with van der Waals surface area (Å²) in [5.41, 5.74) is 2.58. The van der Waals surface area contributed by atoms with Crippen molar-refractivity contribution in [1.29, 1.82) is 0 Å². The zero-order valence-electron chi connectivity index (χ0n) is 18.3. The number of aromatic nitrogens is 2. The van der Waals surface area contributed by atoms with Gasteiger partial charge in [-0.3, -0.25) is 14.5 Å². The summed E-state index contributed by atoms with van der Waals surface area (Å²) in [6.45, 7) is 9.06. The molecular formula is C24H30N4O2. The number of rotatable bonds is 3. The lowest BCUT2D eigenvalue weighted by molar-refractivity contribution is -0.140. The Morgan fingerprint density at radius 1 is 1.13 bits per heavy atom. The van der Waals surface area contributed by atoms with Crippen LogP contribution in [-0.4, -0.2) is 33.2 Å². The van der Waals surface area contributed by atoms with E-state index in [9.17, 15) is 9.59 Å². The lowest BCUT2D eigenvalue weighted by Gasteiger charge is -2.33. The van der Waals surface area contributed by atoms with E-state index in [-0.39, 0.29) is 17.9 Å². The summed E-state index contributed by atoms with van der Waals surface area (Å²) in [6.07, 6.45) is 2.94. The molecule has 1 aromatic heterocycles. The van der Waals surface area contributed by atoms with Gasteiger partial charge in [0.15, 0.2) is 5.82 Å². The van der Waals surface area contributed by atoms with Crippen molar-refractivity contribution in [2.24, 2.45) is 5.41 Å². The lowest BCUT2D eigenvalue weighted by Crippen LogP contribution is -2.40. The molecule has 0 bridgehead atoms. The molecule has 2 aliphatic rings. The minimum atomic E-state index is -0.443. The van der Waals surface area contributed by atoms with E-state index in [4.69, 9.17) is 9.97 Å². The maximum Gasteiger partial charge on any atom is 0.228 e. The summed E-state index contributed by atoms with van der Waals surface area (Å²) in [5.74, 6) is 1.59. The first-order valence-corrected chi connectivity index (χ1v) is 10.8. The van der Waals surface area contributed by atoms with Crippen molar-refractivity contribution < 1.29 is 9.59 Å². The number of hydrogen-bond donors (Lipinski definition) is 0. The summed E-state index contributed by atoms with van der Waals surface area (Å²) < 4.78 is 0. The Labute approximate surface area is 178 Å². The third-order valence-corrected chi connectivity index (χ3v) is 5.99. The highest BCUT2D eigenvalue weighted by Crippen LogP contribution is 2.37. The highest BCUT2D eigenvalue weighted by Gasteiger charge is 2.38. The highest BCUT2D eigenvalue weighted by atomic mass is 16.2. The molecule has 4 rings (SSSR count). The van der Waals surface area contributed by atoms with Crippen LogP contribution in [0.2, 0.25) is 0 Å². The number of fused-ring (bicyclic) bond motifs is 1. The second-order valence-corrected chi connectivity index (χ2v) is 9.34. The van der Waals surface area contributed by atoms with Gasteiger partial charge in [-0.1, -0.05) is 51.1 Å². The van der Waals surface area contributed by atoms with Crippen LogP contribution in [0.4, 0.5) is 5.82 Å². The fourth-order valence-corrected chi connectivity index (χ4v) is 4.39. The van der Waals surface area contributed by atoms with Crippen LogP contribution >= 0.6 is 0 Å². The molecule has 1 fully saturated rings. The van der Waals surface area contributed by atoms with Gasteiger partial charge in [-0.2, -0.15) is 0 Å². The molecule has 2 amide bonds. The third-order valence-electron chi connectivity index (χ3n) is 5.99. The molecule has 0 spiro atoms. The van der Waals surface area contributed by atoms with Crippen LogP contribution in [0, 0.1) is 12.3 Å². The standard InChI is InChI=1S/C24H30N4O2/c1-16-18-12-13-20(29)28(15-17-9-6-5-7-10-17)22(18)26-21(25-16)19-11-8-14-27(19)23(30)24(2,3)4/h5-7,9-10,19H,8,11-15H2,1-4H3/t19-/m0/s1. The van der Waals surface area contributed by atoms with Gasteiger partial charge < -0.3 is 4.90 Å². The lowest BCUT2D eigenvalue weighted by atomic mass is 9.94. The molecule has 0 saturated carbocycles. The zero-order valence-corrected chi connectivity index (χ0v) is 18.3. The van der Waals surface area contributed by atoms with Crippen LogP contribution in [0.15, 0.2) is 30.3 Å². The normalized spacial score (nSPS) is 19.2. The van der Waals surface area contributed by atoms with Gasteiger partial charge in [0.1, 0.15) is 5.82 Å². The molecule has 2 aromatic rings. The number of carbonyl (C=O) groups is 2. The molecule has 3 heterocycles. The minimum Gasteiger partial charge on any atom is -0.332 e. The van der Waals surface area contributed by atoms with Gasteiger partial charge in [0.2, 0.25) is 11.8 Å². The van der Waals surface area contributed by atoms with Crippen molar-refractivity contribution in [1.82, 2.24) is 14.9 Å². The van der Waals surface area contributed by atoms with E-state index < -0.39 is 5.41 Å². The molecule has 0 N–H and O–H groups in total. The Morgan fingerprint density at radius 3 is 2.57 bits per heavy atom. The van der Waals surface area contributed by atoms with E-state index in [0.717, 1.165) is 36.2 Å². The molecule has 1 aromatic carbocycles. The quantitative estimate of drug-likeness (QED) is 0.773. The number of anilines is 1. The van der Waals surface area contributed by atoms with E-state index >= 15 is 0 Å². The summed E-state index contributed by atoms with van der Waals surface area (Å²) in [4.78, 5) is 39.2. The summed E-state index contributed by atoms with van der Waals surface area (Å²) in [5, 5.41) is 0. The molecular weight excluding hydrogens is 376 g/mol. The Balaban J connectivity index is 1.71. The molecule has 6 nitrogen and oxygen atoms in total. The van der Waals surface area contributed by atoms with Crippen molar-refractivity contribution in [2.75, 3.05) is 11.4 Å². The number of benzene rings is 1. The first-order chi connectivity index (χ1) is 14.3. The summed E-state index contributed by atoms with van der Waals surface area (Å²) in [7, 11) is 0. The summed E-state index contributed by atoms with van der Waals surface area (Å²) in [6, 6.07) is 9.86. The van der Waals surface area contributed by atoms with Gasteiger partial charge >= 0.3 is 0 Å². The van der Waals surface area contributed by atoms with E-state index in [2.05, 4.69) is 0 Å². The smallest absolute Gasteiger partial charge is 0.228 e. The van der Waals surface area contributed by atoms with Crippen molar-refractivity contribution in [3.63, 3.8) is 0 Å². The first-order valence-electron chi connectivity index (χ1n) is 10.8. The topological polar surface area (TPSA) is 66.4 Å². The molecule has 0 aliphatic carbocycles. The predicted molar refractivity (Wildman–Crippen MR) is 116 cm³/mol. The second-order valence-electron chi connectivity index (χ2n) is 9.34. The predicted octanol–water partition coefficient (Wildman–Crippen LogP) is 3.97. The minimum absolute atomic E-state index is 0.0875. The Bertz CT molecular complexity index is 965. The SMILES string of the molecule is Cc1nc([C@@H]2CCCN2C(=O)C(C)(C)C)nc2c1CCC(=O)N2Cc1ccccc1. The number of likely N-dealkylation sites (tertiary alicyclic amines) is 1. The second kappa shape index (κ2) is 7.82. The van der Waals surface area contributed by atoms with Gasteiger partial charge in [-0.05, 0) is 31.7 Å². The third kappa shape index (κ3) is 3.83. The molecule has 6 heteroatoms. The number of aryl methyl sites for hydroxylation is 1. The number of nitrogens with zero attached hydrogens (tertiary/aromatic N) is 4. The Hall–Kier alpha value is -2.76. The highest BCUT2D eigenvalue weighted by molar-refractivity contribution is 5.95. The van der Waals surface area contributed by atoms with Crippen LogP contribution in [0.25, 0.3) is 0 Å². The maximum absolute atomic E-state index is 13.0. The van der Waals surface area contributed by atoms with Crippen LogP contribution in [0.1, 0.15) is 68.7 Å². The van der Waals surface area contributed by atoms with E-state index in [1.165, 1.54) is 0 Å². The van der Waals surface area contributed by atoms with Crippen molar-refractivity contribution in [3.05, 3.63) is 53.0 Å². The van der Waals surface area contributed by atoms with Crippen LogP contribution < -0.4 is 4.90 Å². The maximum atomic E-state index is 13.0.